The Morgan fingerprint density at radius 1 is 1.21 bits per heavy atom. The number of hydrogen-bond acceptors (Lipinski definition) is 5. The maximum Gasteiger partial charge on any atom is 0.490 e. The maximum absolute atomic E-state index is 12.3. The van der Waals surface area contributed by atoms with Crippen LogP contribution >= 0.6 is 0 Å². The summed E-state index contributed by atoms with van der Waals surface area (Å²) in [5.41, 5.74) is 6.09. The number of rotatable bonds is 2. The van der Waals surface area contributed by atoms with E-state index in [1.54, 1.807) is 0 Å². The summed E-state index contributed by atoms with van der Waals surface area (Å²) in [5, 5.41) is 14.8. The van der Waals surface area contributed by atoms with E-state index in [2.05, 4.69) is 33.4 Å². The van der Waals surface area contributed by atoms with E-state index in [0.29, 0.717) is 6.54 Å². The quantitative estimate of drug-likeness (QED) is 0.611. The number of carboxylic acids is 1. The number of pyridine rings is 1. The molecule has 0 unspecified atom stereocenters. The van der Waals surface area contributed by atoms with Crippen molar-refractivity contribution in [2.45, 2.75) is 25.6 Å². The molecule has 0 radical (unpaired) electrons. The van der Waals surface area contributed by atoms with Gasteiger partial charge in [-0.2, -0.15) is 18.3 Å². The van der Waals surface area contributed by atoms with Crippen LogP contribution in [0.15, 0.2) is 42.6 Å². The third kappa shape index (κ3) is 4.38. The van der Waals surface area contributed by atoms with E-state index in [1.807, 2.05) is 36.1 Å². The van der Waals surface area contributed by atoms with Gasteiger partial charge in [0.15, 0.2) is 0 Å². The van der Waals surface area contributed by atoms with Gasteiger partial charge >= 0.3 is 12.1 Å². The molecule has 33 heavy (non-hydrogen) atoms. The number of hydrogen-bond donors (Lipinski definition) is 2. The highest BCUT2D eigenvalue weighted by molar-refractivity contribution is 5.97. The van der Waals surface area contributed by atoms with Crippen LogP contribution in [0.3, 0.4) is 0 Å². The number of carbonyl (C=O) groups excluding carboxylic acids is 1. The molecule has 2 aliphatic rings. The number of para-hydroxylation sites is 1. The number of amides is 1. The van der Waals surface area contributed by atoms with Crippen LogP contribution in [0.2, 0.25) is 0 Å². The molecule has 1 aliphatic heterocycles. The minimum Gasteiger partial charge on any atom is -0.475 e. The average Bonchev–Trinajstić information content (AvgIpc) is 3.19. The van der Waals surface area contributed by atoms with Gasteiger partial charge in [0.1, 0.15) is 11.5 Å². The van der Waals surface area contributed by atoms with Crippen molar-refractivity contribution < 1.29 is 27.9 Å². The van der Waals surface area contributed by atoms with E-state index in [9.17, 15) is 18.0 Å². The lowest BCUT2D eigenvalue weighted by Gasteiger charge is -2.22. The van der Waals surface area contributed by atoms with Gasteiger partial charge in [0, 0.05) is 36.6 Å². The first-order valence-electron chi connectivity index (χ1n) is 10.1. The minimum absolute atomic E-state index is 0.0101. The van der Waals surface area contributed by atoms with Gasteiger partial charge in [-0.3, -0.25) is 9.48 Å². The largest absolute Gasteiger partial charge is 0.490 e. The van der Waals surface area contributed by atoms with E-state index < -0.39 is 12.1 Å². The Bertz CT molecular complexity index is 1210. The highest BCUT2D eigenvalue weighted by atomic mass is 19.4. The molecule has 8 nitrogen and oxygen atoms in total. The number of halogens is 3. The predicted molar refractivity (Wildman–Crippen MR) is 113 cm³/mol. The molecule has 0 saturated heterocycles. The van der Waals surface area contributed by atoms with Crippen molar-refractivity contribution in [1.29, 1.82) is 0 Å². The van der Waals surface area contributed by atoms with Gasteiger partial charge in [-0.05, 0) is 36.6 Å². The van der Waals surface area contributed by atoms with Gasteiger partial charge < -0.3 is 15.3 Å². The summed E-state index contributed by atoms with van der Waals surface area (Å²) in [5.74, 6) is -1.89. The van der Waals surface area contributed by atoms with Crippen LogP contribution < -0.4 is 10.2 Å². The number of aliphatic carboxylic acids is 1. The fourth-order valence-corrected chi connectivity index (χ4v) is 3.85. The molecule has 2 aromatic heterocycles. The van der Waals surface area contributed by atoms with Crippen molar-refractivity contribution in [2.24, 2.45) is 0 Å². The fourth-order valence-electron chi connectivity index (χ4n) is 3.85. The summed E-state index contributed by atoms with van der Waals surface area (Å²) in [6.45, 7) is 1.36. The zero-order valence-corrected chi connectivity index (χ0v) is 17.6. The molecule has 3 heterocycles. The molecule has 3 aromatic rings. The summed E-state index contributed by atoms with van der Waals surface area (Å²) >= 11 is 0. The first-order valence-corrected chi connectivity index (χ1v) is 10.1. The molecule has 0 fully saturated rings. The SMILES string of the molecule is CN(c1ccccc1)c1cc2c(cn1)CCc1c-2nn2c1C(=O)NCC2.O=C(O)C(F)(F)F. The molecule has 2 N–H and O–H groups in total. The lowest BCUT2D eigenvalue weighted by atomic mass is 9.90. The van der Waals surface area contributed by atoms with E-state index in [-0.39, 0.29) is 5.91 Å². The molecule has 1 aliphatic carbocycles. The van der Waals surface area contributed by atoms with Crippen LogP contribution in [-0.2, 0) is 24.2 Å². The summed E-state index contributed by atoms with van der Waals surface area (Å²) in [6.07, 6.45) is -1.41. The van der Waals surface area contributed by atoms with Crippen molar-refractivity contribution in [3.8, 4) is 11.3 Å². The Balaban J connectivity index is 0.000000325. The zero-order chi connectivity index (χ0) is 23.8. The van der Waals surface area contributed by atoms with Crippen LogP contribution in [0.5, 0.6) is 0 Å². The second-order valence-corrected chi connectivity index (χ2v) is 7.55. The molecule has 11 heteroatoms. The molecule has 0 atom stereocenters. The van der Waals surface area contributed by atoms with Gasteiger partial charge in [0.25, 0.3) is 5.91 Å². The predicted octanol–water partition coefficient (Wildman–Crippen LogP) is 3.19. The van der Waals surface area contributed by atoms with E-state index in [1.165, 1.54) is 5.56 Å². The Hall–Kier alpha value is -3.89. The third-order valence-corrected chi connectivity index (χ3v) is 5.48. The van der Waals surface area contributed by atoms with Crippen molar-refractivity contribution in [3.63, 3.8) is 0 Å². The number of alkyl halides is 3. The monoisotopic (exact) mass is 459 g/mol. The molecular weight excluding hydrogens is 439 g/mol. The minimum atomic E-state index is -5.08. The van der Waals surface area contributed by atoms with Gasteiger partial charge in [-0.1, -0.05) is 18.2 Å². The summed E-state index contributed by atoms with van der Waals surface area (Å²) < 4.78 is 33.6. The first-order chi connectivity index (χ1) is 15.7. The Labute approximate surface area is 186 Å². The topological polar surface area (TPSA) is 100 Å². The Morgan fingerprint density at radius 3 is 2.58 bits per heavy atom. The number of fused-ring (bicyclic) bond motifs is 5. The molecule has 0 bridgehead atoms. The van der Waals surface area contributed by atoms with Gasteiger partial charge in [-0.25, -0.2) is 9.78 Å². The second kappa shape index (κ2) is 8.57. The molecular formula is C22H20F3N5O3. The third-order valence-electron chi connectivity index (χ3n) is 5.48. The van der Waals surface area contributed by atoms with Gasteiger partial charge in [0.2, 0.25) is 0 Å². The van der Waals surface area contributed by atoms with E-state index >= 15 is 0 Å². The normalized spacial score (nSPS) is 14.1. The number of nitrogens with zero attached hydrogens (tertiary/aromatic N) is 4. The second-order valence-electron chi connectivity index (χ2n) is 7.55. The van der Waals surface area contributed by atoms with Crippen LogP contribution in [0.1, 0.15) is 21.6 Å². The number of carbonyl (C=O) groups is 2. The molecule has 172 valence electrons. The summed E-state index contributed by atoms with van der Waals surface area (Å²) in [4.78, 5) is 27.9. The zero-order valence-electron chi connectivity index (χ0n) is 17.6. The molecule has 0 saturated carbocycles. The van der Waals surface area contributed by atoms with Crippen molar-refractivity contribution in [2.75, 3.05) is 18.5 Å². The van der Waals surface area contributed by atoms with Crippen LogP contribution in [-0.4, -0.2) is 51.5 Å². The number of benzene rings is 1. The van der Waals surface area contributed by atoms with Crippen LogP contribution in [0.25, 0.3) is 11.3 Å². The lowest BCUT2D eigenvalue weighted by Crippen LogP contribution is -2.36. The van der Waals surface area contributed by atoms with Crippen molar-refractivity contribution >= 4 is 23.4 Å². The number of carboxylic acid groups (broad SMARTS) is 1. The Kier molecular flexibility index (Phi) is 5.79. The molecule has 1 aromatic carbocycles. The maximum atomic E-state index is 12.3. The first kappa shape index (κ1) is 22.3. The highest BCUT2D eigenvalue weighted by Gasteiger charge is 2.38. The average molecular weight is 459 g/mol. The fraction of sp³-hybridized carbons (Fsp3) is 0.273. The van der Waals surface area contributed by atoms with Gasteiger partial charge in [-0.15, -0.1) is 0 Å². The summed E-state index contributed by atoms with van der Waals surface area (Å²) in [7, 11) is 2.01. The van der Waals surface area contributed by atoms with E-state index in [0.717, 1.165) is 53.4 Å². The van der Waals surface area contributed by atoms with Crippen LogP contribution in [0, 0.1) is 0 Å². The number of nitrogens with one attached hydrogen (secondary N) is 1. The number of anilines is 2. The van der Waals surface area contributed by atoms with Crippen molar-refractivity contribution in [3.05, 3.63) is 59.4 Å². The standard InChI is InChI=1S/C20H19N5O.C2HF3O2/c1-24(14-5-3-2-4-6-14)17-11-16-13(12-22-17)7-8-15-18(16)23-25-10-9-21-20(26)19(15)25;3-2(4,5)1(6)7/h2-6,11-12H,7-10H2,1H3,(H,21,26);(H,6,7). The lowest BCUT2D eigenvalue weighted by molar-refractivity contribution is -0.192. The number of aryl methyl sites for hydroxylation is 1. The van der Waals surface area contributed by atoms with Gasteiger partial charge in [0.05, 0.1) is 12.2 Å². The molecule has 1 amide bonds. The highest BCUT2D eigenvalue weighted by Crippen LogP contribution is 2.37. The smallest absolute Gasteiger partial charge is 0.475 e. The van der Waals surface area contributed by atoms with Crippen LogP contribution in [0.4, 0.5) is 24.7 Å². The molecule has 5 rings (SSSR count). The summed E-state index contributed by atoms with van der Waals surface area (Å²) in [6, 6.07) is 12.3. The molecule has 0 spiro atoms. The van der Waals surface area contributed by atoms with Crippen molar-refractivity contribution in [1.82, 2.24) is 20.1 Å². The Morgan fingerprint density at radius 2 is 1.91 bits per heavy atom. The van der Waals surface area contributed by atoms with E-state index in [4.69, 9.17) is 15.0 Å². The number of aromatic nitrogens is 3.